The molecule has 18 heavy (non-hydrogen) atoms. The molecule has 0 saturated heterocycles. The Morgan fingerprint density at radius 3 is 2.61 bits per heavy atom. The molecule has 0 radical (unpaired) electrons. The van der Waals surface area contributed by atoms with Gasteiger partial charge in [-0.15, -0.1) is 0 Å². The number of carbonyl (C=O) groups excluding carboxylic acids is 1. The van der Waals surface area contributed by atoms with Crippen LogP contribution in [0.2, 0.25) is 0 Å². The predicted molar refractivity (Wildman–Crippen MR) is 72.7 cm³/mol. The van der Waals surface area contributed by atoms with Crippen LogP contribution in [0.25, 0.3) is 0 Å². The minimum Gasteiger partial charge on any atom is -0.480 e. The van der Waals surface area contributed by atoms with E-state index >= 15 is 0 Å². The van der Waals surface area contributed by atoms with E-state index in [0.717, 1.165) is 10.0 Å². The number of amides is 1. The Morgan fingerprint density at radius 2 is 2.11 bits per heavy atom. The van der Waals surface area contributed by atoms with E-state index in [1.807, 2.05) is 13.8 Å². The van der Waals surface area contributed by atoms with E-state index in [2.05, 4.69) is 21.2 Å². The largest absolute Gasteiger partial charge is 0.480 e. The number of aryl methyl sites for hydroxylation is 1. The van der Waals surface area contributed by atoms with Crippen LogP contribution in [-0.4, -0.2) is 23.0 Å². The molecule has 0 aliphatic heterocycles. The van der Waals surface area contributed by atoms with Gasteiger partial charge < -0.3 is 10.4 Å². The van der Waals surface area contributed by atoms with Crippen molar-refractivity contribution in [2.75, 3.05) is 0 Å². The first-order valence-corrected chi connectivity index (χ1v) is 6.54. The summed E-state index contributed by atoms with van der Waals surface area (Å²) in [5.41, 5.74) is 1.41. The summed E-state index contributed by atoms with van der Waals surface area (Å²) in [6.45, 7) is 3.76. The third kappa shape index (κ3) is 3.84. The molecule has 1 atom stereocenters. The minimum atomic E-state index is -1.00. The highest BCUT2D eigenvalue weighted by atomic mass is 79.9. The first kappa shape index (κ1) is 14.7. The van der Waals surface area contributed by atoms with Gasteiger partial charge in [-0.1, -0.05) is 29.3 Å². The monoisotopic (exact) mass is 313 g/mol. The maximum absolute atomic E-state index is 11.9. The predicted octanol–water partition coefficient (Wildman–Crippen LogP) is 2.74. The zero-order valence-electron chi connectivity index (χ0n) is 10.4. The summed E-state index contributed by atoms with van der Waals surface area (Å²) in [6.07, 6.45) is 1.13. The first-order valence-electron chi connectivity index (χ1n) is 5.75. The van der Waals surface area contributed by atoms with Gasteiger partial charge in [0.2, 0.25) is 0 Å². The lowest BCUT2D eigenvalue weighted by atomic mass is 10.1. The van der Waals surface area contributed by atoms with Gasteiger partial charge in [-0.25, -0.2) is 4.79 Å². The summed E-state index contributed by atoms with van der Waals surface area (Å²) in [4.78, 5) is 22.9. The third-order valence-electron chi connectivity index (χ3n) is 2.60. The van der Waals surface area contributed by atoms with Crippen molar-refractivity contribution in [3.63, 3.8) is 0 Å². The molecule has 0 spiro atoms. The molecule has 0 fully saturated rings. The average molecular weight is 314 g/mol. The molecule has 0 aromatic heterocycles. The first-order chi connectivity index (χ1) is 8.45. The van der Waals surface area contributed by atoms with E-state index in [9.17, 15) is 9.59 Å². The van der Waals surface area contributed by atoms with Crippen LogP contribution in [0, 0.1) is 6.92 Å². The second-order valence-electron chi connectivity index (χ2n) is 4.12. The van der Waals surface area contributed by atoms with Gasteiger partial charge in [-0.2, -0.15) is 0 Å². The fourth-order valence-electron chi connectivity index (χ4n) is 1.57. The molecule has 0 bridgehead atoms. The van der Waals surface area contributed by atoms with Crippen molar-refractivity contribution in [3.05, 3.63) is 33.8 Å². The number of rotatable bonds is 5. The van der Waals surface area contributed by atoms with Crippen LogP contribution >= 0.6 is 15.9 Å². The molecule has 4 nitrogen and oxygen atoms in total. The molecule has 1 rings (SSSR count). The van der Waals surface area contributed by atoms with Crippen molar-refractivity contribution in [2.45, 2.75) is 32.7 Å². The topological polar surface area (TPSA) is 66.4 Å². The second kappa shape index (κ2) is 6.54. The number of hydrogen-bond acceptors (Lipinski definition) is 2. The Balaban J connectivity index is 2.80. The molecule has 98 valence electrons. The molecule has 0 aliphatic carbocycles. The van der Waals surface area contributed by atoms with E-state index in [1.54, 1.807) is 18.2 Å². The number of hydrogen-bond donors (Lipinski definition) is 2. The lowest BCUT2D eigenvalue weighted by molar-refractivity contribution is -0.139. The highest BCUT2D eigenvalue weighted by Crippen LogP contribution is 2.17. The summed E-state index contributed by atoms with van der Waals surface area (Å²) < 4.78 is 0.919. The van der Waals surface area contributed by atoms with Crippen LogP contribution in [-0.2, 0) is 4.79 Å². The summed E-state index contributed by atoms with van der Waals surface area (Å²) in [5, 5.41) is 11.5. The standard InChI is InChI=1S/C13H16BrNO3/c1-3-4-11(13(17)18)15-12(16)9-5-6-10(14)8(2)7-9/h5-7,11H,3-4H2,1-2H3,(H,15,16)(H,17,18)/t11-/m1/s1. The Labute approximate surface area is 115 Å². The van der Waals surface area contributed by atoms with Gasteiger partial charge in [-0.05, 0) is 37.1 Å². The van der Waals surface area contributed by atoms with Gasteiger partial charge in [0.25, 0.3) is 5.91 Å². The third-order valence-corrected chi connectivity index (χ3v) is 3.49. The zero-order chi connectivity index (χ0) is 13.7. The van der Waals surface area contributed by atoms with Crippen molar-refractivity contribution >= 4 is 27.8 Å². The number of nitrogens with one attached hydrogen (secondary N) is 1. The molecule has 2 N–H and O–H groups in total. The van der Waals surface area contributed by atoms with Crippen LogP contribution in [0.15, 0.2) is 22.7 Å². The molecule has 0 saturated carbocycles. The van der Waals surface area contributed by atoms with E-state index in [4.69, 9.17) is 5.11 Å². The maximum Gasteiger partial charge on any atom is 0.326 e. The summed E-state index contributed by atoms with van der Waals surface area (Å²) in [5.74, 6) is -1.36. The molecule has 1 aromatic carbocycles. The fourth-order valence-corrected chi connectivity index (χ4v) is 1.82. The van der Waals surface area contributed by atoms with Gasteiger partial charge in [0.1, 0.15) is 6.04 Å². The second-order valence-corrected chi connectivity index (χ2v) is 4.97. The SMILES string of the molecule is CCC[C@@H](NC(=O)c1ccc(Br)c(C)c1)C(=O)O. The van der Waals surface area contributed by atoms with Gasteiger partial charge in [0.05, 0.1) is 0 Å². The lowest BCUT2D eigenvalue weighted by Crippen LogP contribution is -2.40. The minimum absolute atomic E-state index is 0.355. The highest BCUT2D eigenvalue weighted by molar-refractivity contribution is 9.10. The Hall–Kier alpha value is -1.36. The number of benzene rings is 1. The average Bonchev–Trinajstić information content (AvgIpc) is 2.31. The Kier molecular flexibility index (Phi) is 5.34. The Morgan fingerprint density at radius 1 is 1.44 bits per heavy atom. The zero-order valence-corrected chi connectivity index (χ0v) is 12.0. The fraction of sp³-hybridized carbons (Fsp3) is 0.385. The summed E-state index contributed by atoms with van der Waals surface area (Å²) in [7, 11) is 0. The molecule has 0 heterocycles. The van der Waals surface area contributed by atoms with Crippen LogP contribution in [0.4, 0.5) is 0 Å². The van der Waals surface area contributed by atoms with E-state index in [0.29, 0.717) is 18.4 Å². The normalized spacial score (nSPS) is 11.9. The van der Waals surface area contributed by atoms with Gasteiger partial charge in [0, 0.05) is 10.0 Å². The van der Waals surface area contributed by atoms with Crippen molar-refractivity contribution in [3.8, 4) is 0 Å². The quantitative estimate of drug-likeness (QED) is 0.878. The maximum atomic E-state index is 11.9. The molecule has 5 heteroatoms. The molecule has 1 amide bonds. The smallest absolute Gasteiger partial charge is 0.326 e. The Bertz CT molecular complexity index is 460. The van der Waals surface area contributed by atoms with Gasteiger partial charge >= 0.3 is 5.97 Å². The van der Waals surface area contributed by atoms with Gasteiger partial charge in [0.15, 0.2) is 0 Å². The summed E-state index contributed by atoms with van der Waals surface area (Å²) >= 11 is 3.35. The van der Waals surface area contributed by atoms with E-state index in [1.165, 1.54) is 0 Å². The van der Waals surface area contributed by atoms with Crippen LogP contribution in [0.1, 0.15) is 35.7 Å². The van der Waals surface area contributed by atoms with E-state index < -0.39 is 12.0 Å². The van der Waals surface area contributed by atoms with Crippen LogP contribution in [0.5, 0.6) is 0 Å². The molecular weight excluding hydrogens is 298 g/mol. The number of carboxylic acid groups (broad SMARTS) is 1. The number of carbonyl (C=O) groups is 2. The molecule has 1 aromatic rings. The number of halogens is 1. The van der Waals surface area contributed by atoms with Crippen LogP contribution < -0.4 is 5.32 Å². The van der Waals surface area contributed by atoms with Crippen molar-refractivity contribution < 1.29 is 14.7 Å². The van der Waals surface area contributed by atoms with Crippen molar-refractivity contribution in [1.82, 2.24) is 5.32 Å². The summed E-state index contributed by atoms with van der Waals surface area (Å²) in [6, 6.07) is 4.34. The number of carboxylic acids is 1. The lowest BCUT2D eigenvalue weighted by Gasteiger charge is -2.13. The van der Waals surface area contributed by atoms with Crippen LogP contribution in [0.3, 0.4) is 0 Å². The number of aliphatic carboxylic acids is 1. The van der Waals surface area contributed by atoms with Crippen molar-refractivity contribution in [2.24, 2.45) is 0 Å². The van der Waals surface area contributed by atoms with E-state index in [-0.39, 0.29) is 5.91 Å². The van der Waals surface area contributed by atoms with Crippen molar-refractivity contribution in [1.29, 1.82) is 0 Å². The molecular formula is C13H16BrNO3. The molecule has 0 unspecified atom stereocenters. The van der Waals surface area contributed by atoms with Gasteiger partial charge in [-0.3, -0.25) is 4.79 Å². The highest BCUT2D eigenvalue weighted by Gasteiger charge is 2.19. The molecule has 0 aliphatic rings.